The van der Waals surface area contributed by atoms with E-state index in [1.807, 2.05) is 6.92 Å². The Bertz CT molecular complexity index is 275. The molecule has 0 spiro atoms. The van der Waals surface area contributed by atoms with Gasteiger partial charge in [-0.3, -0.25) is 0 Å². The molecule has 2 unspecified atom stereocenters. The largest absolute Gasteiger partial charge is 0.396 e. The maximum absolute atomic E-state index is 8.67. The Morgan fingerprint density at radius 1 is 1.57 bits per heavy atom. The van der Waals surface area contributed by atoms with Crippen molar-refractivity contribution in [3.63, 3.8) is 0 Å². The first-order chi connectivity index (χ1) is 6.69. The third kappa shape index (κ3) is 2.52. The molecule has 3 N–H and O–H groups in total. The minimum atomic E-state index is -0.208. The second-order valence-electron chi connectivity index (χ2n) is 3.43. The minimum Gasteiger partial charge on any atom is -0.396 e. The molecule has 0 fully saturated rings. The van der Waals surface area contributed by atoms with Gasteiger partial charge < -0.3 is 15.4 Å². The van der Waals surface area contributed by atoms with Crippen molar-refractivity contribution in [2.45, 2.75) is 32.7 Å². The molecule has 1 aromatic heterocycles. The number of hydrogen-bond donors (Lipinski definition) is 2. The number of hydrogen-bond acceptors (Lipinski definition) is 5. The van der Waals surface area contributed by atoms with Gasteiger partial charge in [-0.2, -0.15) is 4.98 Å². The van der Waals surface area contributed by atoms with Crippen LogP contribution < -0.4 is 5.73 Å². The Balaban J connectivity index is 2.65. The highest BCUT2D eigenvalue weighted by Crippen LogP contribution is 2.19. The van der Waals surface area contributed by atoms with Gasteiger partial charge in [0.1, 0.15) is 0 Å². The van der Waals surface area contributed by atoms with Crippen LogP contribution in [0, 0.1) is 5.92 Å². The van der Waals surface area contributed by atoms with Crippen LogP contribution in [-0.4, -0.2) is 21.9 Å². The van der Waals surface area contributed by atoms with Crippen molar-refractivity contribution in [2.75, 3.05) is 6.61 Å². The molecule has 5 nitrogen and oxygen atoms in total. The van der Waals surface area contributed by atoms with E-state index >= 15 is 0 Å². The smallest absolute Gasteiger partial charge is 0.243 e. The molecular formula is C9H17N3O2. The van der Waals surface area contributed by atoms with Gasteiger partial charge in [0.2, 0.25) is 5.89 Å². The van der Waals surface area contributed by atoms with Crippen molar-refractivity contribution in [3.05, 3.63) is 11.7 Å². The monoisotopic (exact) mass is 199 g/mol. The van der Waals surface area contributed by atoms with Gasteiger partial charge in [0, 0.05) is 6.42 Å². The summed E-state index contributed by atoms with van der Waals surface area (Å²) in [7, 11) is 0. The molecule has 0 aromatic carbocycles. The van der Waals surface area contributed by atoms with Crippen LogP contribution in [0.3, 0.4) is 0 Å². The van der Waals surface area contributed by atoms with E-state index in [-0.39, 0.29) is 12.6 Å². The molecule has 14 heavy (non-hydrogen) atoms. The van der Waals surface area contributed by atoms with Crippen molar-refractivity contribution in [1.29, 1.82) is 0 Å². The van der Waals surface area contributed by atoms with Crippen molar-refractivity contribution in [2.24, 2.45) is 11.7 Å². The first-order valence-electron chi connectivity index (χ1n) is 4.88. The van der Waals surface area contributed by atoms with Gasteiger partial charge in [-0.15, -0.1) is 0 Å². The lowest BCUT2D eigenvalue weighted by atomic mass is 10.0. The van der Waals surface area contributed by atoms with Crippen LogP contribution in [0.1, 0.15) is 38.0 Å². The zero-order valence-corrected chi connectivity index (χ0v) is 8.60. The Morgan fingerprint density at radius 3 is 2.86 bits per heavy atom. The number of rotatable bonds is 5. The van der Waals surface area contributed by atoms with Crippen LogP contribution in [0.25, 0.3) is 0 Å². The first-order valence-corrected chi connectivity index (χ1v) is 4.88. The molecule has 5 heteroatoms. The summed E-state index contributed by atoms with van der Waals surface area (Å²) in [6.45, 7) is 4.13. The fraction of sp³-hybridized carbons (Fsp3) is 0.778. The summed E-state index contributed by atoms with van der Waals surface area (Å²) in [5, 5.41) is 12.4. The highest BCUT2D eigenvalue weighted by molar-refractivity contribution is 4.93. The average Bonchev–Trinajstić information content (AvgIpc) is 2.64. The van der Waals surface area contributed by atoms with Gasteiger partial charge in [-0.25, -0.2) is 0 Å². The van der Waals surface area contributed by atoms with Crippen LogP contribution in [0.2, 0.25) is 0 Å². The Kier molecular flexibility index (Phi) is 4.03. The molecule has 2 atom stereocenters. The Labute approximate surface area is 83.3 Å². The molecule has 80 valence electrons. The molecule has 0 aliphatic heterocycles. The molecule has 0 saturated carbocycles. The van der Waals surface area contributed by atoms with E-state index < -0.39 is 0 Å². The quantitative estimate of drug-likeness (QED) is 0.727. The number of aliphatic hydroxyl groups is 1. The maximum Gasteiger partial charge on any atom is 0.243 e. The highest BCUT2D eigenvalue weighted by atomic mass is 16.5. The third-order valence-corrected chi connectivity index (χ3v) is 2.36. The van der Waals surface area contributed by atoms with E-state index in [9.17, 15) is 0 Å². The van der Waals surface area contributed by atoms with Gasteiger partial charge in [-0.05, 0) is 5.92 Å². The van der Waals surface area contributed by atoms with Crippen molar-refractivity contribution in [3.8, 4) is 0 Å². The van der Waals surface area contributed by atoms with E-state index in [4.69, 9.17) is 15.4 Å². The second kappa shape index (κ2) is 5.07. The maximum atomic E-state index is 8.67. The topological polar surface area (TPSA) is 85.2 Å². The van der Waals surface area contributed by atoms with Gasteiger partial charge in [0.15, 0.2) is 5.82 Å². The molecule has 1 rings (SSSR count). The molecule has 0 radical (unpaired) electrons. The van der Waals surface area contributed by atoms with Gasteiger partial charge in [-0.1, -0.05) is 25.4 Å². The normalized spacial score (nSPS) is 15.4. The van der Waals surface area contributed by atoms with E-state index in [2.05, 4.69) is 17.1 Å². The summed E-state index contributed by atoms with van der Waals surface area (Å²) in [5.74, 6) is 1.29. The first kappa shape index (κ1) is 11.1. The zero-order valence-electron chi connectivity index (χ0n) is 8.60. The number of aliphatic hydroxyl groups excluding tert-OH is 1. The summed E-state index contributed by atoms with van der Waals surface area (Å²) >= 11 is 0. The zero-order chi connectivity index (χ0) is 10.6. The lowest BCUT2D eigenvalue weighted by Gasteiger charge is -2.12. The summed E-state index contributed by atoms with van der Waals surface area (Å²) in [5.41, 5.74) is 5.90. The summed E-state index contributed by atoms with van der Waals surface area (Å²) in [6.07, 6.45) is 1.38. The van der Waals surface area contributed by atoms with E-state index in [1.165, 1.54) is 0 Å². The third-order valence-electron chi connectivity index (χ3n) is 2.36. The summed E-state index contributed by atoms with van der Waals surface area (Å²) in [6, 6.07) is -0.208. The standard InChI is InChI=1S/C9H17N3O2/c1-3-6(2)8(10)9-11-7(4-5-13)12-14-9/h6,8,13H,3-5,10H2,1-2H3. The van der Waals surface area contributed by atoms with Crippen LogP contribution in [0.5, 0.6) is 0 Å². The lowest BCUT2D eigenvalue weighted by molar-refractivity contribution is 0.289. The van der Waals surface area contributed by atoms with Crippen LogP contribution in [0.15, 0.2) is 4.52 Å². The highest BCUT2D eigenvalue weighted by Gasteiger charge is 2.19. The van der Waals surface area contributed by atoms with Gasteiger partial charge in [0.25, 0.3) is 0 Å². The minimum absolute atomic E-state index is 0.0253. The summed E-state index contributed by atoms with van der Waals surface area (Å²) < 4.78 is 5.00. The van der Waals surface area contributed by atoms with E-state index in [1.54, 1.807) is 0 Å². The van der Waals surface area contributed by atoms with Crippen molar-refractivity contribution in [1.82, 2.24) is 10.1 Å². The molecule has 1 heterocycles. The van der Waals surface area contributed by atoms with Crippen LogP contribution in [0.4, 0.5) is 0 Å². The molecule has 0 aliphatic rings. The second-order valence-corrected chi connectivity index (χ2v) is 3.43. The van der Waals surface area contributed by atoms with E-state index in [0.29, 0.717) is 24.1 Å². The van der Waals surface area contributed by atoms with Gasteiger partial charge in [0.05, 0.1) is 12.6 Å². The van der Waals surface area contributed by atoms with Gasteiger partial charge >= 0.3 is 0 Å². The average molecular weight is 199 g/mol. The van der Waals surface area contributed by atoms with Crippen LogP contribution >= 0.6 is 0 Å². The van der Waals surface area contributed by atoms with Crippen LogP contribution in [-0.2, 0) is 6.42 Å². The molecular weight excluding hydrogens is 182 g/mol. The lowest BCUT2D eigenvalue weighted by Crippen LogP contribution is -2.18. The predicted molar refractivity (Wildman–Crippen MR) is 51.5 cm³/mol. The van der Waals surface area contributed by atoms with Crippen molar-refractivity contribution < 1.29 is 9.63 Å². The molecule has 0 amide bonds. The van der Waals surface area contributed by atoms with Crippen molar-refractivity contribution >= 4 is 0 Å². The Morgan fingerprint density at radius 2 is 2.29 bits per heavy atom. The number of nitrogens with zero attached hydrogens (tertiary/aromatic N) is 2. The summed E-state index contributed by atoms with van der Waals surface area (Å²) in [4.78, 5) is 4.11. The molecule has 0 aliphatic carbocycles. The van der Waals surface area contributed by atoms with E-state index in [0.717, 1.165) is 6.42 Å². The molecule has 1 aromatic rings. The SMILES string of the molecule is CCC(C)C(N)c1nc(CCO)no1. The molecule has 0 bridgehead atoms. The molecule has 0 saturated heterocycles. The Hall–Kier alpha value is -0.940. The number of aromatic nitrogens is 2. The fourth-order valence-electron chi connectivity index (χ4n) is 1.10. The number of nitrogens with two attached hydrogens (primary N) is 1. The predicted octanol–water partition coefficient (Wildman–Crippen LogP) is 0.650. The fourth-order valence-corrected chi connectivity index (χ4v) is 1.10.